The molecule has 3 aromatic rings. The number of fused-ring (bicyclic) bond motifs is 1. The Hall–Kier alpha value is -3.38. The smallest absolute Gasteiger partial charge is 0.271 e. The van der Waals surface area contributed by atoms with E-state index in [1.807, 2.05) is 79.7 Å². The van der Waals surface area contributed by atoms with Crippen LogP contribution in [-0.4, -0.2) is 19.4 Å². The number of sulfonamides is 1. The minimum atomic E-state index is -4.18. The highest BCUT2D eigenvalue weighted by atomic mass is 32.2. The van der Waals surface area contributed by atoms with Gasteiger partial charge in [0.15, 0.2) is 0 Å². The zero-order valence-electron chi connectivity index (χ0n) is 23.5. The lowest BCUT2D eigenvalue weighted by molar-refractivity contribution is -0.114. The van der Waals surface area contributed by atoms with Crippen molar-refractivity contribution in [1.29, 1.82) is 0 Å². The number of carbonyl (C=O) groups excluding carboxylic acids is 1. The fourth-order valence-electron chi connectivity index (χ4n) is 5.04. The number of anilines is 1. The number of hydrogen-bond donors (Lipinski definition) is 1. The van der Waals surface area contributed by atoms with Crippen LogP contribution in [-0.2, 0) is 25.6 Å². The third-order valence-corrected chi connectivity index (χ3v) is 8.87. The maximum absolute atomic E-state index is 13.9. The van der Waals surface area contributed by atoms with Crippen molar-refractivity contribution in [2.24, 2.45) is 0 Å². The highest BCUT2D eigenvalue weighted by Gasteiger charge is 2.43. The van der Waals surface area contributed by atoms with Gasteiger partial charge in [-0.25, -0.2) is 8.42 Å². The first-order chi connectivity index (χ1) is 17.4. The molecule has 0 spiro atoms. The molecule has 0 saturated heterocycles. The number of phenols is 1. The molecule has 0 aromatic heterocycles. The van der Waals surface area contributed by atoms with Gasteiger partial charge in [0.05, 0.1) is 10.6 Å². The first kappa shape index (κ1) is 27.6. The molecule has 1 aliphatic rings. The number of nitrogens with zero attached hydrogens (tertiary/aromatic N) is 1. The Morgan fingerprint density at radius 2 is 1.32 bits per heavy atom. The molecule has 200 valence electrons. The molecule has 6 heteroatoms. The number of benzene rings is 3. The molecule has 4 rings (SSSR count). The van der Waals surface area contributed by atoms with Crippen molar-refractivity contribution in [3.05, 3.63) is 100 Å². The van der Waals surface area contributed by atoms with Crippen LogP contribution in [0.25, 0.3) is 0 Å². The van der Waals surface area contributed by atoms with E-state index in [2.05, 4.69) is 6.58 Å². The van der Waals surface area contributed by atoms with E-state index in [1.165, 1.54) is 12.1 Å². The third-order valence-electron chi connectivity index (χ3n) is 7.16. The molecule has 0 fully saturated rings. The number of rotatable bonds is 3. The molecular weight excluding hydrogens is 494 g/mol. The van der Waals surface area contributed by atoms with Crippen molar-refractivity contribution in [1.82, 2.24) is 0 Å². The minimum Gasteiger partial charge on any atom is -0.507 e. The lowest BCUT2D eigenvalue weighted by Crippen LogP contribution is -2.43. The molecule has 3 aromatic carbocycles. The molecular formula is C32H37NO4S. The molecule has 0 bridgehead atoms. The van der Waals surface area contributed by atoms with E-state index < -0.39 is 21.8 Å². The standard InChI is InChI=1S/C32H37NO4S/c1-19-10-13-23(14-11-19)38(36,37)33-27-15-12-20(2)16-24(27)28(21(3)30(33)35)22-17-25(31(4,5)6)29(34)26(18-22)32(7,8)9/h10-18,28,34H,3H2,1-2,4-9H3/t28-/m0/s1. The molecule has 0 radical (unpaired) electrons. The third kappa shape index (κ3) is 4.66. The molecule has 1 aliphatic heterocycles. The fraction of sp³-hybridized carbons (Fsp3) is 0.344. The van der Waals surface area contributed by atoms with Gasteiger partial charge in [-0.15, -0.1) is 0 Å². The van der Waals surface area contributed by atoms with E-state index in [4.69, 9.17) is 0 Å². The molecule has 1 atom stereocenters. The van der Waals surface area contributed by atoms with Gasteiger partial charge in [-0.1, -0.05) is 95.6 Å². The summed E-state index contributed by atoms with van der Waals surface area (Å²) in [5.74, 6) is -0.978. The summed E-state index contributed by atoms with van der Waals surface area (Å²) in [6.07, 6.45) is 0. The lowest BCUT2D eigenvalue weighted by Gasteiger charge is -2.36. The van der Waals surface area contributed by atoms with Gasteiger partial charge in [-0.3, -0.25) is 4.79 Å². The minimum absolute atomic E-state index is 0.0453. The van der Waals surface area contributed by atoms with Crippen molar-refractivity contribution in [3.63, 3.8) is 0 Å². The van der Waals surface area contributed by atoms with Gasteiger partial charge in [0.2, 0.25) is 0 Å². The second-order valence-corrected chi connectivity index (χ2v) is 14.2. The zero-order chi connectivity index (χ0) is 28.4. The summed E-state index contributed by atoms with van der Waals surface area (Å²) in [4.78, 5) is 13.9. The molecule has 0 aliphatic carbocycles. The number of amides is 1. The Morgan fingerprint density at radius 3 is 1.82 bits per heavy atom. The number of aromatic hydroxyl groups is 1. The van der Waals surface area contributed by atoms with Crippen molar-refractivity contribution >= 4 is 21.6 Å². The summed E-state index contributed by atoms with van der Waals surface area (Å²) in [5, 5.41) is 11.3. The SMILES string of the molecule is C=C1C(=O)N(S(=O)(=O)c2ccc(C)cc2)c2ccc(C)cc2[C@@H]1c1cc(C(C)(C)C)c(O)c(C(C)(C)C)c1. The van der Waals surface area contributed by atoms with E-state index in [-0.39, 0.29) is 27.0 Å². The van der Waals surface area contributed by atoms with Gasteiger partial charge >= 0.3 is 0 Å². The van der Waals surface area contributed by atoms with Gasteiger partial charge in [0, 0.05) is 11.5 Å². The van der Waals surface area contributed by atoms with Crippen LogP contribution in [0, 0.1) is 13.8 Å². The van der Waals surface area contributed by atoms with Crippen LogP contribution >= 0.6 is 0 Å². The van der Waals surface area contributed by atoms with Gasteiger partial charge in [0.1, 0.15) is 5.75 Å². The molecule has 5 nitrogen and oxygen atoms in total. The average Bonchev–Trinajstić information content (AvgIpc) is 2.79. The van der Waals surface area contributed by atoms with Crippen molar-refractivity contribution in [2.45, 2.75) is 77.0 Å². The fourth-order valence-corrected chi connectivity index (χ4v) is 6.49. The average molecular weight is 532 g/mol. The Bertz CT molecular complexity index is 1520. The molecule has 1 heterocycles. The molecule has 0 unspecified atom stereocenters. The van der Waals surface area contributed by atoms with Crippen molar-refractivity contribution in [2.75, 3.05) is 4.31 Å². The topological polar surface area (TPSA) is 74.7 Å². The number of hydrogen-bond acceptors (Lipinski definition) is 4. The predicted octanol–water partition coefficient (Wildman–Crippen LogP) is 7.03. The molecule has 1 amide bonds. The summed E-state index contributed by atoms with van der Waals surface area (Å²) in [7, 11) is -4.18. The zero-order valence-corrected chi connectivity index (χ0v) is 24.3. The van der Waals surface area contributed by atoms with Crippen LogP contribution in [0.15, 0.2) is 71.6 Å². The lowest BCUT2D eigenvalue weighted by atomic mass is 9.74. The van der Waals surface area contributed by atoms with Crippen molar-refractivity contribution < 1.29 is 18.3 Å². The Balaban J connectivity index is 2.01. The van der Waals surface area contributed by atoms with Crippen LogP contribution in [0.3, 0.4) is 0 Å². The van der Waals surface area contributed by atoms with Gasteiger partial charge in [-0.05, 0) is 65.1 Å². The highest BCUT2D eigenvalue weighted by molar-refractivity contribution is 7.93. The molecule has 1 N–H and O–H groups in total. The monoisotopic (exact) mass is 531 g/mol. The first-order valence-corrected chi connectivity index (χ1v) is 14.2. The number of carbonyl (C=O) groups is 1. The van der Waals surface area contributed by atoms with E-state index in [1.54, 1.807) is 18.2 Å². The van der Waals surface area contributed by atoms with Crippen LogP contribution in [0.2, 0.25) is 0 Å². The van der Waals surface area contributed by atoms with E-state index in [9.17, 15) is 18.3 Å². The van der Waals surface area contributed by atoms with Crippen LogP contribution < -0.4 is 4.31 Å². The Kier molecular flexibility index (Phi) is 6.64. The summed E-state index contributed by atoms with van der Waals surface area (Å²) in [6.45, 7) is 20.2. The Labute approximate surface area is 226 Å². The summed E-state index contributed by atoms with van der Waals surface area (Å²) in [5.41, 5.74) is 4.65. The Morgan fingerprint density at radius 1 is 0.816 bits per heavy atom. The summed E-state index contributed by atoms with van der Waals surface area (Å²) >= 11 is 0. The highest BCUT2D eigenvalue weighted by Crippen LogP contribution is 2.48. The predicted molar refractivity (Wildman–Crippen MR) is 154 cm³/mol. The maximum atomic E-state index is 13.9. The molecule has 0 saturated carbocycles. The normalized spacial score (nSPS) is 16.5. The maximum Gasteiger partial charge on any atom is 0.271 e. The second kappa shape index (κ2) is 9.12. The van der Waals surface area contributed by atoms with Crippen LogP contribution in [0.1, 0.15) is 80.8 Å². The summed E-state index contributed by atoms with van der Waals surface area (Å²) in [6, 6.07) is 15.8. The van der Waals surface area contributed by atoms with E-state index in [0.29, 0.717) is 11.3 Å². The quantitative estimate of drug-likeness (QED) is 0.368. The van der Waals surface area contributed by atoms with E-state index >= 15 is 0 Å². The first-order valence-electron chi connectivity index (χ1n) is 12.8. The van der Waals surface area contributed by atoms with Crippen LogP contribution in [0.4, 0.5) is 5.69 Å². The number of aryl methyl sites for hydroxylation is 2. The number of phenolic OH excluding ortho intramolecular Hbond substituents is 1. The van der Waals surface area contributed by atoms with Crippen LogP contribution in [0.5, 0.6) is 5.75 Å². The molecule has 38 heavy (non-hydrogen) atoms. The van der Waals surface area contributed by atoms with Crippen molar-refractivity contribution in [3.8, 4) is 5.75 Å². The largest absolute Gasteiger partial charge is 0.507 e. The second-order valence-electron chi connectivity index (χ2n) is 12.4. The van der Waals surface area contributed by atoms with Gasteiger partial charge in [-0.2, -0.15) is 4.31 Å². The van der Waals surface area contributed by atoms with Gasteiger partial charge in [0.25, 0.3) is 15.9 Å². The van der Waals surface area contributed by atoms with E-state index in [0.717, 1.165) is 32.1 Å². The van der Waals surface area contributed by atoms with Gasteiger partial charge < -0.3 is 5.11 Å². The summed E-state index contributed by atoms with van der Waals surface area (Å²) < 4.78 is 28.5.